The Morgan fingerprint density at radius 1 is 1.06 bits per heavy atom. The van der Waals surface area contributed by atoms with Gasteiger partial charge in [-0.25, -0.2) is 4.79 Å². The third kappa shape index (κ3) is 6.92. The number of carboxylic acids is 1. The summed E-state index contributed by atoms with van der Waals surface area (Å²) in [6.07, 6.45) is 6.11. The lowest BCUT2D eigenvalue weighted by Gasteiger charge is -2.27. The van der Waals surface area contributed by atoms with Gasteiger partial charge in [0.05, 0.1) is 11.7 Å². The van der Waals surface area contributed by atoms with Crippen molar-refractivity contribution in [3.05, 3.63) is 71.3 Å². The topological polar surface area (TPSA) is 77.8 Å². The van der Waals surface area contributed by atoms with E-state index in [-0.39, 0.29) is 24.0 Å². The Bertz CT molecular complexity index is 882. The van der Waals surface area contributed by atoms with E-state index in [0.717, 1.165) is 44.1 Å². The van der Waals surface area contributed by atoms with Crippen LogP contribution in [0.15, 0.2) is 54.6 Å². The maximum atomic E-state index is 12.4. The number of carbonyl (C=O) groups excluding carboxylic acids is 1. The van der Waals surface area contributed by atoms with Gasteiger partial charge in [0.25, 0.3) is 0 Å². The van der Waals surface area contributed by atoms with Crippen molar-refractivity contribution in [2.45, 2.75) is 70.4 Å². The van der Waals surface area contributed by atoms with Crippen molar-refractivity contribution in [3.8, 4) is 0 Å². The molecule has 1 aliphatic rings. The van der Waals surface area contributed by atoms with Crippen LogP contribution in [-0.2, 0) is 17.6 Å². The number of rotatable bonds is 12. The normalized spacial score (nSPS) is 18.0. The van der Waals surface area contributed by atoms with Crippen LogP contribution < -0.4 is 0 Å². The average molecular weight is 438 g/mol. The summed E-state index contributed by atoms with van der Waals surface area (Å²) in [7, 11) is 0. The van der Waals surface area contributed by atoms with E-state index in [4.69, 9.17) is 5.11 Å². The highest BCUT2D eigenvalue weighted by Crippen LogP contribution is 2.26. The molecule has 172 valence electrons. The molecule has 5 heteroatoms. The number of aliphatic hydroxyl groups is 1. The van der Waals surface area contributed by atoms with Gasteiger partial charge in [-0.15, -0.1) is 0 Å². The molecule has 0 aliphatic carbocycles. The molecule has 0 saturated carbocycles. The molecule has 3 atom stereocenters. The molecule has 0 spiro atoms. The van der Waals surface area contributed by atoms with Gasteiger partial charge in [-0.05, 0) is 74.1 Å². The number of nitrogens with zero attached hydrogens (tertiary/aromatic N) is 1. The van der Waals surface area contributed by atoms with Gasteiger partial charge in [-0.2, -0.15) is 0 Å². The van der Waals surface area contributed by atoms with Gasteiger partial charge in [0.15, 0.2) is 0 Å². The first kappa shape index (κ1) is 24.0. The number of aromatic carboxylic acids is 1. The van der Waals surface area contributed by atoms with Crippen LogP contribution in [0.2, 0.25) is 0 Å². The van der Waals surface area contributed by atoms with Gasteiger partial charge in [0.1, 0.15) is 0 Å². The minimum absolute atomic E-state index is 0.195. The highest BCUT2D eigenvalue weighted by Gasteiger charge is 2.31. The second-order valence-electron chi connectivity index (χ2n) is 9.03. The largest absolute Gasteiger partial charge is 0.478 e. The molecule has 1 heterocycles. The summed E-state index contributed by atoms with van der Waals surface area (Å²) in [6, 6.07) is 17.6. The van der Waals surface area contributed by atoms with Crippen LogP contribution >= 0.6 is 0 Å². The van der Waals surface area contributed by atoms with Gasteiger partial charge < -0.3 is 15.1 Å². The first-order chi connectivity index (χ1) is 15.4. The maximum Gasteiger partial charge on any atom is 0.335 e. The summed E-state index contributed by atoms with van der Waals surface area (Å²) in [5.74, 6) is -0.499. The van der Waals surface area contributed by atoms with E-state index >= 15 is 0 Å². The molecule has 1 amide bonds. The van der Waals surface area contributed by atoms with Crippen LogP contribution in [0, 0.1) is 5.92 Å². The van der Waals surface area contributed by atoms with E-state index in [2.05, 4.69) is 19.1 Å². The second-order valence-corrected chi connectivity index (χ2v) is 9.03. The van der Waals surface area contributed by atoms with Crippen molar-refractivity contribution in [1.82, 2.24) is 4.90 Å². The van der Waals surface area contributed by atoms with Crippen LogP contribution in [-0.4, -0.2) is 45.7 Å². The quantitative estimate of drug-likeness (QED) is 0.504. The van der Waals surface area contributed by atoms with Gasteiger partial charge in [0.2, 0.25) is 5.91 Å². The smallest absolute Gasteiger partial charge is 0.335 e. The summed E-state index contributed by atoms with van der Waals surface area (Å²) in [4.78, 5) is 25.5. The number of likely N-dealkylation sites (tertiary alicyclic amines) is 1. The molecule has 0 radical (unpaired) electrons. The molecule has 32 heavy (non-hydrogen) atoms. The minimum Gasteiger partial charge on any atom is -0.478 e. The highest BCUT2D eigenvalue weighted by molar-refractivity contribution is 5.87. The van der Waals surface area contributed by atoms with Gasteiger partial charge >= 0.3 is 5.97 Å². The number of hydrogen-bond donors (Lipinski definition) is 2. The number of carboxylic acid groups (broad SMARTS) is 1. The van der Waals surface area contributed by atoms with Crippen LogP contribution in [0.5, 0.6) is 0 Å². The van der Waals surface area contributed by atoms with Gasteiger partial charge in [-0.3, -0.25) is 4.79 Å². The third-order valence-electron chi connectivity index (χ3n) is 6.67. The fourth-order valence-electron chi connectivity index (χ4n) is 4.59. The average Bonchev–Trinajstić information content (AvgIpc) is 3.16. The molecular formula is C27H35NO4. The van der Waals surface area contributed by atoms with E-state index in [1.54, 1.807) is 18.2 Å². The molecule has 1 unspecified atom stereocenters. The lowest BCUT2D eigenvalue weighted by atomic mass is 9.92. The molecular weight excluding hydrogens is 402 g/mol. The number of hydrogen-bond acceptors (Lipinski definition) is 3. The zero-order valence-electron chi connectivity index (χ0n) is 19.0. The van der Waals surface area contributed by atoms with E-state index < -0.39 is 5.97 Å². The van der Waals surface area contributed by atoms with Crippen LogP contribution in [0.3, 0.4) is 0 Å². The van der Waals surface area contributed by atoms with E-state index in [9.17, 15) is 14.7 Å². The third-order valence-corrected chi connectivity index (χ3v) is 6.67. The van der Waals surface area contributed by atoms with Crippen LogP contribution in [0.25, 0.3) is 0 Å². The number of carbonyl (C=O) groups is 2. The first-order valence-electron chi connectivity index (χ1n) is 11.8. The van der Waals surface area contributed by atoms with Gasteiger partial charge in [-0.1, -0.05) is 49.4 Å². The van der Waals surface area contributed by atoms with Crippen molar-refractivity contribution in [2.24, 2.45) is 5.92 Å². The van der Waals surface area contributed by atoms with Crippen molar-refractivity contribution < 1.29 is 19.8 Å². The standard InChI is InChI=1S/C27H35NO4/c1-20(12-13-21-7-3-2-4-8-21)25(29)16-14-24-15-17-26(30)28(24)18-6-10-22-9-5-11-23(19-22)27(31)32/h2-5,7-9,11,19-20,24-25,29H,6,10,12-18H2,1H3,(H,31,32)/t20-,24?,25+/m0/s1. The zero-order valence-corrected chi connectivity index (χ0v) is 19.0. The Labute approximate surface area is 191 Å². The molecule has 1 aliphatic heterocycles. The monoisotopic (exact) mass is 437 g/mol. The van der Waals surface area contributed by atoms with Gasteiger partial charge in [0, 0.05) is 19.0 Å². The molecule has 0 aromatic heterocycles. The SMILES string of the molecule is C[C@@H](CCc1ccccc1)[C@H](O)CCC1CCC(=O)N1CCCc1cccc(C(=O)O)c1. The first-order valence-corrected chi connectivity index (χ1v) is 11.8. The molecule has 3 rings (SSSR count). The van der Waals surface area contributed by atoms with Crippen molar-refractivity contribution >= 4 is 11.9 Å². The van der Waals surface area contributed by atoms with Crippen molar-refractivity contribution in [1.29, 1.82) is 0 Å². The lowest BCUT2D eigenvalue weighted by Crippen LogP contribution is -2.35. The molecule has 2 N–H and O–H groups in total. The summed E-state index contributed by atoms with van der Waals surface area (Å²) in [6.45, 7) is 2.79. The number of amides is 1. The predicted octanol–water partition coefficient (Wildman–Crippen LogP) is 4.72. The Hall–Kier alpha value is -2.66. The minimum atomic E-state index is -0.918. The fourth-order valence-corrected chi connectivity index (χ4v) is 4.59. The number of aliphatic hydroxyl groups excluding tert-OH is 1. The van der Waals surface area contributed by atoms with Crippen LogP contribution in [0.4, 0.5) is 0 Å². The molecule has 2 aromatic carbocycles. The summed E-state index contributed by atoms with van der Waals surface area (Å²) < 4.78 is 0. The zero-order chi connectivity index (χ0) is 22.9. The predicted molar refractivity (Wildman–Crippen MR) is 126 cm³/mol. The Balaban J connectivity index is 1.42. The summed E-state index contributed by atoms with van der Waals surface area (Å²) >= 11 is 0. The Morgan fingerprint density at radius 3 is 2.56 bits per heavy atom. The Morgan fingerprint density at radius 2 is 1.81 bits per heavy atom. The molecule has 1 saturated heterocycles. The lowest BCUT2D eigenvalue weighted by molar-refractivity contribution is -0.129. The molecule has 2 aromatic rings. The highest BCUT2D eigenvalue weighted by atomic mass is 16.4. The molecule has 1 fully saturated rings. The number of aryl methyl sites for hydroxylation is 2. The summed E-state index contributed by atoms with van der Waals surface area (Å²) in [5.41, 5.74) is 2.58. The summed E-state index contributed by atoms with van der Waals surface area (Å²) in [5, 5.41) is 19.8. The fraction of sp³-hybridized carbons (Fsp3) is 0.481. The van der Waals surface area contributed by atoms with E-state index in [1.165, 1.54) is 5.56 Å². The molecule has 5 nitrogen and oxygen atoms in total. The van der Waals surface area contributed by atoms with E-state index in [1.807, 2.05) is 29.2 Å². The van der Waals surface area contributed by atoms with E-state index in [0.29, 0.717) is 24.9 Å². The van der Waals surface area contributed by atoms with Crippen molar-refractivity contribution in [2.75, 3.05) is 6.54 Å². The second kappa shape index (κ2) is 11.8. The molecule has 0 bridgehead atoms. The van der Waals surface area contributed by atoms with Crippen molar-refractivity contribution in [3.63, 3.8) is 0 Å². The Kier molecular flexibility index (Phi) is 8.86. The maximum absolute atomic E-state index is 12.4. The van der Waals surface area contributed by atoms with Crippen LogP contribution in [0.1, 0.15) is 66.9 Å². The number of benzene rings is 2.